The van der Waals surface area contributed by atoms with Gasteiger partial charge in [-0.2, -0.15) is 5.10 Å². The third-order valence-corrected chi connectivity index (χ3v) is 4.11. The largest absolute Gasteiger partial charge is 0.361 e. The molecule has 0 saturated carbocycles. The van der Waals surface area contributed by atoms with Crippen LogP contribution in [0.25, 0.3) is 0 Å². The lowest BCUT2D eigenvalue weighted by Crippen LogP contribution is -2.39. The summed E-state index contributed by atoms with van der Waals surface area (Å²) in [4.78, 5) is 13.9. The molecule has 132 valence electrons. The molecule has 2 rings (SSSR count). The minimum Gasteiger partial charge on any atom is -0.361 e. The number of nitrogens with zero attached hydrogens (tertiary/aromatic N) is 4. The summed E-state index contributed by atoms with van der Waals surface area (Å²) >= 11 is 0. The molecule has 0 radical (unpaired) electrons. The molecule has 0 aromatic carbocycles. The summed E-state index contributed by atoms with van der Waals surface area (Å²) < 4.78 is 7.12. The third kappa shape index (κ3) is 4.37. The second-order valence-corrected chi connectivity index (χ2v) is 6.56. The zero-order valence-electron chi connectivity index (χ0n) is 15.4. The molecule has 0 aliphatic carbocycles. The van der Waals surface area contributed by atoms with Gasteiger partial charge in [-0.05, 0) is 39.7 Å². The zero-order chi connectivity index (χ0) is 17.9. The average molecular weight is 333 g/mol. The van der Waals surface area contributed by atoms with Crippen LogP contribution in [-0.4, -0.2) is 39.5 Å². The Labute approximate surface area is 143 Å². The fraction of sp³-hybridized carbons (Fsp3) is 0.588. The predicted octanol–water partition coefficient (Wildman–Crippen LogP) is 2.58. The maximum atomic E-state index is 12.3. The fourth-order valence-electron chi connectivity index (χ4n) is 2.65. The Morgan fingerprint density at radius 1 is 1.38 bits per heavy atom. The summed E-state index contributed by atoms with van der Waals surface area (Å²) in [6.45, 7) is 11.7. The number of hydrogen-bond donors (Lipinski definition) is 1. The lowest BCUT2D eigenvalue weighted by atomic mass is 10.2. The molecular formula is C17H27N5O2. The monoisotopic (exact) mass is 333 g/mol. The standard InChI is InChI=1S/C17H27N5O2/c1-11(9-22-13(3)7-12(2)19-22)8-18-17(23)21(6)10-16-14(4)20-24-15(16)5/h7,11H,8-10H2,1-6H3,(H,18,23). The van der Waals surface area contributed by atoms with Crippen molar-refractivity contribution >= 4 is 6.03 Å². The van der Waals surface area contributed by atoms with E-state index >= 15 is 0 Å². The number of urea groups is 1. The fourth-order valence-corrected chi connectivity index (χ4v) is 2.65. The number of aryl methyl sites for hydroxylation is 4. The molecule has 0 aliphatic heterocycles. The van der Waals surface area contributed by atoms with Gasteiger partial charge < -0.3 is 14.7 Å². The first-order valence-corrected chi connectivity index (χ1v) is 8.19. The molecule has 2 amide bonds. The van der Waals surface area contributed by atoms with Crippen LogP contribution in [0.3, 0.4) is 0 Å². The lowest BCUT2D eigenvalue weighted by Gasteiger charge is -2.20. The Hall–Kier alpha value is -2.31. The highest BCUT2D eigenvalue weighted by atomic mass is 16.5. The van der Waals surface area contributed by atoms with Crippen molar-refractivity contribution in [2.75, 3.05) is 13.6 Å². The maximum absolute atomic E-state index is 12.3. The molecule has 1 atom stereocenters. The maximum Gasteiger partial charge on any atom is 0.317 e. The van der Waals surface area contributed by atoms with E-state index in [1.807, 2.05) is 32.4 Å². The third-order valence-electron chi connectivity index (χ3n) is 4.11. The predicted molar refractivity (Wildman–Crippen MR) is 91.7 cm³/mol. The summed E-state index contributed by atoms with van der Waals surface area (Å²) in [5.74, 6) is 1.05. The van der Waals surface area contributed by atoms with Crippen LogP contribution in [0.15, 0.2) is 10.6 Å². The number of aromatic nitrogens is 3. The lowest BCUT2D eigenvalue weighted by molar-refractivity contribution is 0.204. The Balaban J connectivity index is 1.82. The van der Waals surface area contributed by atoms with Crippen molar-refractivity contribution in [3.05, 3.63) is 34.5 Å². The Kier molecular flexibility index (Phi) is 5.64. The van der Waals surface area contributed by atoms with E-state index in [9.17, 15) is 4.79 Å². The number of carbonyl (C=O) groups excluding carboxylic acids is 1. The summed E-state index contributed by atoms with van der Waals surface area (Å²) in [7, 11) is 1.77. The summed E-state index contributed by atoms with van der Waals surface area (Å²) in [6, 6.07) is 1.96. The molecule has 0 saturated heterocycles. The molecule has 7 heteroatoms. The van der Waals surface area contributed by atoms with Crippen LogP contribution < -0.4 is 5.32 Å². The topological polar surface area (TPSA) is 76.2 Å². The Morgan fingerprint density at radius 2 is 2.08 bits per heavy atom. The molecule has 0 fully saturated rings. The van der Waals surface area contributed by atoms with Gasteiger partial charge in [0.25, 0.3) is 0 Å². The van der Waals surface area contributed by atoms with E-state index in [0.29, 0.717) is 19.0 Å². The van der Waals surface area contributed by atoms with Crippen LogP contribution in [0.2, 0.25) is 0 Å². The second kappa shape index (κ2) is 7.51. The number of carbonyl (C=O) groups is 1. The van der Waals surface area contributed by atoms with Crippen LogP contribution in [0.5, 0.6) is 0 Å². The molecule has 2 heterocycles. The zero-order valence-corrected chi connectivity index (χ0v) is 15.4. The molecule has 0 aliphatic rings. The number of nitrogens with one attached hydrogen (secondary N) is 1. The van der Waals surface area contributed by atoms with Gasteiger partial charge in [0.2, 0.25) is 0 Å². The van der Waals surface area contributed by atoms with Crippen molar-refractivity contribution in [2.24, 2.45) is 5.92 Å². The summed E-state index contributed by atoms with van der Waals surface area (Å²) in [5.41, 5.74) is 3.94. The van der Waals surface area contributed by atoms with E-state index in [2.05, 4.69) is 28.6 Å². The molecule has 2 aromatic rings. The van der Waals surface area contributed by atoms with Crippen LogP contribution in [0, 0.1) is 33.6 Å². The van der Waals surface area contributed by atoms with E-state index < -0.39 is 0 Å². The van der Waals surface area contributed by atoms with Gasteiger partial charge in [-0.15, -0.1) is 0 Å². The van der Waals surface area contributed by atoms with Crippen molar-refractivity contribution in [2.45, 2.75) is 47.7 Å². The van der Waals surface area contributed by atoms with Crippen molar-refractivity contribution in [3.8, 4) is 0 Å². The summed E-state index contributed by atoms with van der Waals surface area (Å²) in [5, 5.41) is 11.3. The first-order valence-electron chi connectivity index (χ1n) is 8.19. The van der Waals surface area contributed by atoms with Gasteiger partial charge >= 0.3 is 6.03 Å². The molecule has 7 nitrogen and oxygen atoms in total. The van der Waals surface area contributed by atoms with Crippen molar-refractivity contribution in [1.82, 2.24) is 25.2 Å². The first kappa shape index (κ1) is 18.0. The van der Waals surface area contributed by atoms with Gasteiger partial charge in [0.15, 0.2) is 0 Å². The Bertz CT molecular complexity index is 684. The van der Waals surface area contributed by atoms with E-state index in [-0.39, 0.29) is 6.03 Å². The minimum atomic E-state index is -0.102. The van der Waals surface area contributed by atoms with Crippen molar-refractivity contribution in [3.63, 3.8) is 0 Å². The number of amides is 2. The first-order chi connectivity index (χ1) is 11.3. The van der Waals surface area contributed by atoms with Gasteiger partial charge in [-0.3, -0.25) is 4.68 Å². The number of hydrogen-bond acceptors (Lipinski definition) is 4. The van der Waals surface area contributed by atoms with Gasteiger partial charge in [0.1, 0.15) is 5.76 Å². The second-order valence-electron chi connectivity index (χ2n) is 6.56. The van der Waals surface area contributed by atoms with E-state index in [1.54, 1.807) is 11.9 Å². The minimum absolute atomic E-state index is 0.102. The van der Waals surface area contributed by atoms with Crippen molar-refractivity contribution in [1.29, 1.82) is 0 Å². The van der Waals surface area contributed by atoms with Crippen molar-refractivity contribution < 1.29 is 9.32 Å². The van der Waals surface area contributed by atoms with Gasteiger partial charge in [-0.1, -0.05) is 12.1 Å². The van der Waals surface area contributed by atoms with Crippen LogP contribution in [-0.2, 0) is 13.1 Å². The highest BCUT2D eigenvalue weighted by molar-refractivity contribution is 5.73. The van der Waals surface area contributed by atoms with Crippen LogP contribution in [0.1, 0.15) is 35.3 Å². The SMILES string of the molecule is Cc1cc(C)n(CC(C)CNC(=O)N(C)Cc2c(C)noc2C)n1. The highest BCUT2D eigenvalue weighted by Crippen LogP contribution is 2.14. The quantitative estimate of drug-likeness (QED) is 0.881. The molecule has 0 spiro atoms. The molecule has 0 bridgehead atoms. The van der Waals surface area contributed by atoms with E-state index in [1.165, 1.54) is 0 Å². The van der Waals surface area contributed by atoms with E-state index in [4.69, 9.17) is 4.52 Å². The van der Waals surface area contributed by atoms with Gasteiger partial charge in [-0.25, -0.2) is 4.79 Å². The van der Waals surface area contributed by atoms with E-state index in [0.717, 1.165) is 35.0 Å². The Morgan fingerprint density at radius 3 is 2.62 bits per heavy atom. The van der Waals surface area contributed by atoms with Gasteiger partial charge in [0.05, 0.1) is 17.9 Å². The molecule has 24 heavy (non-hydrogen) atoms. The molecule has 1 N–H and O–H groups in total. The van der Waals surface area contributed by atoms with Gasteiger partial charge in [0, 0.05) is 31.4 Å². The van der Waals surface area contributed by atoms with Crippen LogP contribution >= 0.6 is 0 Å². The molecular weight excluding hydrogens is 306 g/mol. The molecule has 1 unspecified atom stereocenters. The average Bonchev–Trinajstić information content (AvgIpc) is 3.00. The normalized spacial score (nSPS) is 12.2. The summed E-state index contributed by atoms with van der Waals surface area (Å²) in [6.07, 6.45) is 0. The highest BCUT2D eigenvalue weighted by Gasteiger charge is 2.16. The number of rotatable bonds is 6. The smallest absolute Gasteiger partial charge is 0.317 e. The van der Waals surface area contributed by atoms with Crippen LogP contribution in [0.4, 0.5) is 4.79 Å². The molecule has 2 aromatic heterocycles.